The molecule has 0 saturated heterocycles. The average molecular weight is 566 g/mol. The van der Waals surface area contributed by atoms with Crippen molar-refractivity contribution in [2.45, 2.75) is 194 Å². The summed E-state index contributed by atoms with van der Waals surface area (Å²) >= 11 is 0. The number of nitrogens with zero attached hydrogens (tertiary/aromatic N) is 2. The van der Waals surface area contributed by atoms with Crippen LogP contribution in [0.1, 0.15) is 179 Å². The maximum Gasteiger partial charge on any atom is 0.256 e. The van der Waals surface area contributed by atoms with Crippen molar-refractivity contribution in [2.24, 2.45) is 0 Å². The van der Waals surface area contributed by atoms with Crippen molar-refractivity contribution < 1.29 is 4.57 Å². The third-order valence-electron chi connectivity index (χ3n) is 9.05. The second-order valence-electron chi connectivity index (χ2n) is 12.9. The number of hydrogen-bond donors (Lipinski definition) is 0. The Labute approximate surface area is 256 Å². The van der Waals surface area contributed by atoms with Gasteiger partial charge in [0.25, 0.3) is 5.82 Å². The second kappa shape index (κ2) is 26.1. The first-order valence-electron chi connectivity index (χ1n) is 18.5. The van der Waals surface area contributed by atoms with Crippen LogP contribution in [-0.2, 0) is 25.9 Å². The summed E-state index contributed by atoms with van der Waals surface area (Å²) in [7, 11) is 0. The highest BCUT2D eigenvalue weighted by atomic mass is 15.1. The number of rotatable bonds is 29. The molecular formula is C39H69N2+. The Morgan fingerprint density at radius 3 is 1.46 bits per heavy atom. The highest BCUT2D eigenvalue weighted by molar-refractivity contribution is 5.14. The first-order chi connectivity index (χ1) is 20.3. The van der Waals surface area contributed by atoms with Gasteiger partial charge < -0.3 is 0 Å². The van der Waals surface area contributed by atoms with Gasteiger partial charge in [-0.2, -0.15) is 0 Å². The molecule has 0 aliphatic heterocycles. The summed E-state index contributed by atoms with van der Waals surface area (Å²) in [6, 6.07) is 11.0. The van der Waals surface area contributed by atoms with Crippen molar-refractivity contribution in [3.8, 4) is 0 Å². The SMILES string of the molecule is CCCCCCCCCCCCCCCCCCCc1n(CCCCCCCC)cc[n+]1CCCc1ccccc1. The number of aryl methyl sites for hydroxylation is 3. The van der Waals surface area contributed by atoms with E-state index >= 15 is 0 Å². The Balaban J connectivity index is 1.57. The van der Waals surface area contributed by atoms with Gasteiger partial charge in [0.1, 0.15) is 12.4 Å². The third-order valence-corrected chi connectivity index (χ3v) is 9.05. The van der Waals surface area contributed by atoms with E-state index in [1.54, 1.807) is 5.82 Å². The van der Waals surface area contributed by atoms with Crippen LogP contribution < -0.4 is 4.57 Å². The van der Waals surface area contributed by atoms with Gasteiger partial charge in [-0.1, -0.05) is 173 Å². The topological polar surface area (TPSA) is 8.81 Å². The fraction of sp³-hybridized carbons (Fsp3) is 0.769. The van der Waals surface area contributed by atoms with E-state index in [0.29, 0.717) is 0 Å². The van der Waals surface area contributed by atoms with Gasteiger partial charge in [0, 0.05) is 6.42 Å². The zero-order chi connectivity index (χ0) is 29.1. The molecule has 2 rings (SSSR count). The Bertz CT molecular complexity index is 808. The molecule has 2 nitrogen and oxygen atoms in total. The lowest BCUT2D eigenvalue weighted by molar-refractivity contribution is -0.704. The van der Waals surface area contributed by atoms with Crippen molar-refractivity contribution in [1.29, 1.82) is 0 Å². The lowest BCUT2D eigenvalue weighted by atomic mass is 10.0. The number of imidazole rings is 1. The quantitative estimate of drug-likeness (QED) is 0.0685. The molecule has 0 fully saturated rings. The van der Waals surface area contributed by atoms with Gasteiger partial charge in [-0.05, 0) is 37.7 Å². The largest absolute Gasteiger partial charge is 0.256 e. The van der Waals surface area contributed by atoms with Gasteiger partial charge in [0.2, 0.25) is 0 Å². The van der Waals surface area contributed by atoms with E-state index in [-0.39, 0.29) is 0 Å². The molecule has 0 amide bonds. The van der Waals surface area contributed by atoms with Gasteiger partial charge in [-0.3, -0.25) is 0 Å². The minimum atomic E-state index is 1.15. The molecule has 1 aromatic heterocycles. The first kappa shape index (κ1) is 35.6. The molecule has 234 valence electrons. The van der Waals surface area contributed by atoms with Crippen LogP contribution >= 0.6 is 0 Å². The summed E-state index contributed by atoms with van der Waals surface area (Å²) in [6.07, 6.45) is 41.2. The Kier molecular flexibility index (Phi) is 22.7. The third kappa shape index (κ3) is 18.6. The molecule has 1 heterocycles. The summed E-state index contributed by atoms with van der Waals surface area (Å²) in [4.78, 5) is 0. The summed E-state index contributed by atoms with van der Waals surface area (Å²) in [5, 5.41) is 0. The molecular weight excluding hydrogens is 496 g/mol. The van der Waals surface area contributed by atoms with Crippen molar-refractivity contribution in [3.05, 3.63) is 54.1 Å². The van der Waals surface area contributed by atoms with Crippen LogP contribution in [-0.4, -0.2) is 4.57 Å². The molecule has 41 heavy (non-hydrogen) atoms. The molecule has 0 unspecified atom stereocenters. The predicted molar refractivity (Wildman–Crippen MR) is 181 cm³/mol. The highest BCUT2D eigenvalue weighted by Crippen LogP contribution is 2.15. The van der Waals surface area contributed by atoms with Crippen LogP contribution in [0.4, 0.5) is 0 Å². The fourth-order valence-electron chi connectivity index (χ4n) is 6.36. The molecule has 0 radical (unpaired) electrons. The van der Waals surface area contributed by atoms with Crippen LogP contribution in [0.5, 0.6) is 0 Å². The molecule has 0 aliphatic carbocycles. The summed E-state index contributed by atoms with van der Waals surface area (Å²) in [5.74, 6) is 1.58. The number of aromatic nitrogens is 2. The summed E-state index contributed by atoms with van der Waals surface area (Å²) in [6.45, 7) is 6.96. The summed E-state index contributed by atoms with van der Waals surface area (Å²) in [5.41, 5.74) is 1.47. The smallest absolute Gasteiger partial charge is 0.234 e. The normalized spacial score (nSPS) is 11.5. The molecule has 0 saturated carbocycles. The molecule has 0 spiro atoms. The van der Waals surface area contributed by atoms with E-state index in [4.69, 9.17) is 0 Å². The van der Waals surface area contributed by atoms with Crippen molar-refractivity contribution >= 4 is 0 Å². The van der Waals surface area contributed by atoms with Crippen LogP contribution in [0.3, 0.4) is 0 Å². The minimum absolute atomic E-state index is 1.15. The van der Waals surface area contributed by atoms with Gasteiger partial charge in [0.05, 0.1) is 13.1 Å². The van der Waals surface area contributed by atoms with Crippen LogP contribution in [0.15, 0.2) is 42.7 Å². The van der Waals surface area contributed by atoms with Crippen molar-refractivity contribution in [1.82, 2.24) is 4.57 Å². The fourth-order valence-corrected chi connectivity index (χ4v) is 6.36. The average Bonchev–Trinajstić information content (AvgIpc) is 3.38. The van der Waals surface area contributed by atoms with Gasteiger partial charge in [-0.25, -0.2) is 9.13 Å². The lowest BCUT2D eigenvalue weighted by Gasteiger charge is -2.07. The maximum absolute atomic E-state index is 2.59. The van der Waals surface area contributed by atoms with E-state index in [0.717, 1.165) is 6.54 Å². The van der Waals surface area contributed by atoms with Gasteiger partial charge in [0.15, 0.2) is 0 Å². The predicted octanol–water partition coefficient (Wildman–Crippen LogP) is 12.0. The van der Waals surface area contributed by atoms with E-state index in [9.17, 15) is 0 Å². The van der Waals surface area contributed by atoms with Gasteiger partial charge in [-0.15, -0.1) is 0 Å². The van der Waals surface area contributed by atoms with E-state index in [1.807, 2.05) is 0 Å². The zero-order valence-corrected chi connectivity index (χ0v) is 27.7. The molecule has 0 bridgehead atoms. The van der Waals surface area contributed by atoms with E-state index in [2.05, 4.69) is 65.7 Å². The van der Waals surface area contributed by atoms with E-state index in [1.165, 1.54) is 179 Å². The summed E-state index contributed by atoms with van der Waals surface area (Å²) < 4.78 is 5.17. The van der Waals surface area contributed by atoms with Crippen LogP contribution in [0, 0.1) is 0 Å². The Hall–Kier alpha value is -1.57. The lowest BCUT2D eigenvalue weighted by Crippen LogP contribution is -2.37. The monoisotopic (exact) mass is 566 g/mol. The number of benzene rings is 1. The zero-order valence-electron chi connectivity index (χ0n) is 27.7. The first-order valence-corrected chi connectivity index (χ1v) is 18.5. The Morgan fingerprint density at radius 2 is 0.951 bits per heavy atom. The van der Waals surface area contributed by atoms with Crippen molar-refractivity contribution in [2.75, 3.05) is 0 Å². The molecule has 2 heteroatoms. The van der Waals surface area contributed by atoms with Crippen LogP contribution in [0.25, 0.3) is 0 Å². The minimum Gasteiger partial charge on any atom is -0.234 e. The maximum atomic E-state index is 2.59. The molecule has 0 N–H and O–H groups in total. The standard InChI is InChI=1S/C39H69N2/c1-3-5-7-9-11-12-13-14-15-16-17-18-19-20-21-22-27-33-39-40(34-28-23-10-8-6-4-2)36-37-41(39)35-29-32-38-30-25-24-26-31-38/h24-26,30-31,36-37H,3-23,27-29,32-35H2,1-2H3/q+1. The van der Waals surface area contributed by atoms with E-state index < -0.39 is 0 Å². The van der Waals surface area contributed by atoms with Gasteiger partial charge >= 0.3 is 0 Å². The molecule has 0 atom stereocenters. The number of unbranched alkanes of at least 4 members (excludes halogenated alkanes) is 21. The van der Waals surface area contributed by atoms with Crippen LogP contribution in [0.2, 0.25) is 0 Å². The highest BCUT2D eigenvalue weighted by Gasteiger charge is 2.16. The molecule has 2 aromatic rings. The molecule has 0 aliphatic rings. The van der Waals surface area contributed by atoms with Crippen molar-refractivity contribution in [3.63, 3.8) is 0 Å². The number of hydrogen-bond acceptors (Lipinski definition) is 0. The second-order valence-corrected chi connectivity index (χ2v) is 12.9. The Morgan fingerprint density at radius 1 is 0.488 bits per heavy atom. The molecule has 1 aromatic carbocycles.